The van der Waals surface area contributed by atoms with Crippen LogP contribution < -0.4 is 5.32 Å². The minimum atomic E-state index is -4.77. The smallest absolute Gasteiger partial charge is 0.381 e. The number of rotatable bonds is 4. The third-order valence-electron chi connectivity index (χ3n) is 2.84. The van der Waals surface area contributed by atoms with Crippen molar-refractivity contribution in [2.24, 2.45) is 0 Å². The first-order valence-electron chi connectivity index (χ1n) is 6.01. The molecular weight excluding hydrogens is 285 g/mol. The van der Waals surface area contributed by atoms with Crippen LogP contribution in [0.5, 0.6) is 0 Å². The first-order valence-corrected chi connectivity index (χ1v) is 6.01. The van der Waals surface area contributed by atoms with Gasteiger partial charge in [-0.3, -0.25) is 10.1 Å². The molecule has 0 aromatic heterocycles. The second kappa shape index (κ2) is 5.82. The number of halogens is 3. The predicted octanol–water partition coefficient (Wildman–Crippen LogP) is 4.23. The Morgan fingerprint density at radius 2 is 1.76 bits per heavy atom. The largest absolute Gasteiger partial charge is 0.423 e. The van der Waals surface area contributed by atoms with Crippen molar-refractivity contribution in [2.45, 2.75) is 12.7 Å². The maximum absolute atomic E-state index is 12.8. The monoisotopic (exact) mass is 296 g/mol. The molecule has 2 rings (SSSR count). The van der Waals surface area contributed by atoms with E-state index in [0.717, 1.165) is 17.7 Å². The van der Waals surface area contributed by atoms with Crippen molar-refractivity contribution in [3.05, 3.63) is 69.8 Å². The Hall–Kier alpha value is -2.57. The van der Waals surface area contributed by atoms with Crippen LogP contribution >= 0.6 is 0 Å². The molecule has 0 saturated heterocycles. The number of nitrogens with one attached hydrogen (secondary N) is 1. The SMILES string of the molecule is O=[N+]([O-])c1ccc(NCc2ccccc2)cc1C(F)(F)F. The lowest BCUT2D eigenvalue weighted by Gasteiger charge is -2.11. The van der Waals surface area contributed by atoms with E-state index in [1.807, 2.05) is 30.3 Å². The fourth-order valence-corrected chi connectivity index (χ4v) is 1.83. The molecule has 0 bridgehead atoms. The van der Waals surface area contributed by atoms with E-state index in [9.17, 15) is 23.3 Å². The van der Waals surface area contributed by atoms with Gasteiger partial charge in [0.15, 0.2) is 0 Å². The molecule has 7 heteroatoms. The van der Waals surface area contributed by atoms with Gasteiger partial charge in [0.2, 0.25) is 0 Å². The fraction of sp³-hybridized carbons (Fsp3) is 0.143. The van der Waals surface area contributed by atoms with Gasteiger partial charge in [0.25, 0.3) is 5.69 Å². The highest BCUT2D eigenvalue weighted by Gasteiger charge is 2.38. The minimum absolute atomic E-state index is 0.178. The van der Waals surface area contributed by atoms with Gasteiger partial charge in [-0.15, -0.1) is 0 Å². The van der Waals surface area contributed by atoms with Crippen LogP contribution in [-0.2, 0) is 12.7 Å². The average Bonchev–Trinajstić information content (AvgIpc) is 2.45. The molecule has 2 aromatic carbocycles. The van der Waals surface area contributed by atoms with E-state index in [0.29, 0.717) is 6.54 Å². The van der Waals surface area contributed by atoms with Gasteiger partial charge < -0.3 is 5.32 Å². The summed E-state index contributed by atoms with van der Waals surface area (Å²) in [6.45, 7) is 0.329. The van der Waals surface area contributed by atoms with Gasteiger partial charge in [-0.25, -0.2) is 0 Å². The van der Waals surface area contributed by atoms with Crippen molar-refractivity contribution < 1.29 is 18.1 Å². The van der Waals surface area contributed by atoms with Gasteiger partial charge in [0.1, 0.15) is 5.56 Å². The summed E-state index contributed by atoms with van der Waals surface area (Å²) in [7, 11) is 0. The molecule has 0 unspecified atom stereocenters. The zero-order chi connectivity index (χ0) is 15.5. The molecule has 0 heterocycles. The summed E-state index contributed by atoms with van der Waals surface area (Å²) >= 11 is 0. The number of nitrogens with zero attached hydrogens (tertiary/aromatic N) is 1. The highest BCUT2D eigenvalue weighted by Crippen LogP contribution is 2.37. The predicted molar refractivity (Wildman–Crippen MR) is 71.9 cm³/mol. The van der Waals surface area contributed by atoms with Crippen LogP contribution in [0.1, 0.15) is 11.1 Å². The van der Waals surface area contributed by atoms with Gasteiger partial charge in [0, 0.05) is 18.3 Å². The molecule has 0 saturated carbocycles. The molecule has 0 aliphatic heterocycles. The standard InChI is InChI=1S/C14H11F3N2O2/c15-14(16,17)12-8-11(6-7-13(12)19(20)21)18-9-10-4-2-1-3-5-10/h1-8,18H,9H2. The lowest BCUT2D eigenvalue weighted by atomic mass is 10.1. The summed E-state index contributed by atoms with van der Waals surface area (Å²) in [6, 6.07) is 12.0. The van der Waals surface area contributed by atoms with Crippen LogP contribution in [0.25, 0.3) is 0 Å². The highest BCUT2D eigenvalue weighted by atomic mass is 19.4. The van der Waals surface area contributed by atoms with Crippen molar-refractivity contribution in [2.75, 3.05) is 5.32 Å². The van der Waals surface area contributed by atoms with Crippen molar-refractivity contribution in [3.8, 4) is 0 Å². The maximum Gasteiger partial charge on any atom is 0.423 e. The summed E-state index contributed by atoms with van der Waals surface area (Å²) in [5.41, 5.74) is -1.14. The van der Waals surface area contributed by atoms with Crippen LogP contribution in [-0.4, -0.2) is 4.92 Å². The Bertz CT molecular complexity index is 642. The minimum Gasteiger partial charge on any atom is -0.381 e. The van der Waals surface area contributed by atoms with E-state index >= 15 is 0 Å². The molecule has 0 aliphatic rings. The van der Waals surface area contributed by atoms with E-state index < -0.39 is 22.4 Å². The molecule has 4 nitrogen and oxygen atoms in total. The van der Waals surface area contributed by atoms with E-state index in [4.69, 9.17) is 0 Å². The van der Waals surface area contributed by atoms with Gasteiger partial charge in [-0.2, -0.15) is 13.2 Å². The molecular formula is C14H11F3N2O2. The van der Waals surface area contributed by atoms with Gasteiger partial charge >= 0.3 is 6.18 Å². The van der Waals surface area contributed by atoms with E-state index in [-0.39, 0.29) is 5.69 Å². The molecule has 1 N–H and O–H groups in total. The molecule has 21 heavy (non-hydrogen) atoms. The van der Waals surface area contributed by atoms with Gasteiger partial charge in [-0.1, -0.05) is 30.3 Å². The topological polar surface area (TPSA) is 55.2 Å². The fourth-order valence-electron chi connectivity index (χ4n) is 1.83. The molecule has 110 valence electrons. The first kappa shape index (κ1) is 14.8. The summed E-state index contributed by atoms with van der Waals surface area (Å²) < 4.78 is 38.5. The van der Waals surface area contributed by atoms with Crippen LogP contribution in [0.3, 0.4) is 0 Å². The number of anilines is 1. The molecule has 2 aromatic rings. The third kappa shape index (κ3) is 3.71. The average molecular weight is 296 g/mol. The number of hydrogen-bond acceptors (Lipinski definition) is 3. The number of hydrogen-bond donors (Lipinski definition) is 1. The number of benzene rings is 2. The van der Waals surface area contributed by atoms with Crippen LogP contribution in [0.2, 0.25) is 0 Å². The molecule has 0 fully saturated rings. The first-order chi connectivity index (χ1) is 9.88. The van der Waals surface area contributed by atoms with E-state index in [1.54, 1.807) is 0 Å². The van der Waals surface area contributed by atoms with Gasteiger partial charge in [-0.05, 0) is 17.7 Å². The molecule has 0 spiro atoms. The van der Waals surface area contributed by atoms with Gasteiger partial charge in [0.05, 0.1) is 4.92 Å². The zero-order valence-corrected chi connectivity index (χ0v) is 10.7. The Balaban J connectivity index is 2.24. The van der Waals surface area contributed by atoms with Crippen molar-refractivity contribution in [1.29, 1.82) is 0 Å². The quantitative estimate of drug-likeness (QED) is 0.678. The molecule has 0 radical (unpaired) electrons. The number of alkyl halides is 3. The Kier molecular flexibility index (Phi) is 4.11. The van der Waals surface area contributed by atoms with Crippen molar-refractivity contribution in [3.63, 3.8) is 0 Å². The number of nitro benzene ring substituents is 1. The number of nitro groups is 1. The Morgan fingerprint density at radius 1 is 1.10 bits per heavy atom. The summed E-state index contributed by atoms with van der Waals surface area (Å²) in [5.74, 6) is 0. The van der Waals surface area contributed by atoms with Crippen LogP contribution in [0, 0.1) is 10.1 Å². The highest BCUT2D eigenvalue weighted by molar-refractivity contribution is 5.55. The lowest BCUT2D eigenvalue weighted by Crippen LogP contribution is -2.10. The van der Waals surface area contributed by atoms with Crippen LogP contribution in [0.4, 0.5) is 24.5 Å². The third-order valence-corrected chi connectivity index (χ3v) is 2.84. The van der Waals surface area contributed by atoms with Crippen LogP contribution in [0.15, 0.2) is 48.5 Å². The normalized spacial score (nSPS) is 11.2. The van der Waals surface area contributed by atoms with Crippen molar-refractivity contribution >= 4 is 11.4 Å². The summed E-state index contributed by atoms with van der Waals surface area (Å²) in [4.78, 5) is 9.61. The molecule has 0 aliphatic carbocycles. The van der Waals surface area contributed by atoms with E-state index in [2.05, 4.69) is 5.32 Å². The second-order valence-corrected chi connectivity index (χ2v) is 4.33. The Labute approximate surface area is 118 Å². The molecule has 0 amide bonds. The lowest BCUT2D eigenvalue weighted by molar-refractivity contribution is -0.388. The molecule has 0 atom stereocenters. The summed E-state index contributed by atoms with van der Waals surface area (Å²) in [6.07, 6.45) is -4.77. The zero-order valence-electron chi connectivity index (χ0n) is 10.7. The summed E-state index contributed by atoms with van der Waals surface area (Å²) in [5, 5.41) is 13.5. The Morgan fingerprint density at radius 3 is 2.33 bits per heavy atom. The maximum atomic E-state index is 12.8. The van der Waals surface area contributed by atoms with E-state index in [1.165, 1.54) is 6.07 Å². The second-order valence-electron chi connectivity index (χ2n) is 4.33. The van der Waals surface area contributed by atoms with Crippen molar-refractivity contribution in [1.82, 2.24) is 0 Å².